The maximum atomic E-state index is 10.8. The van der Waals surface area contributed by atoms with Crippen LogP contribution in [0.25, 0.3) is 10.9 Å². The fourth-order valence-electron chi connectivity index (χ4n) is 1.80. The van der Waals surface area contributed by atoms with E-state index in [1.165, 1.54) is 0 Å². The minimum absolute atomic E-state index is 0.0342. The average molecular weight is 238 g/mol. The average Bonchev–Trinajstić information content (AvgIpc) is 2.60. The Hall–Kier alpha value is -1.33. The predicted octanol–water partition coefficient (Wildman–Crippen LogP) is 1.39. The van der Waals surface area contributed by atoms with Crippen LogP contribution in [0.2, 0.25) is 0 Å². The van der Waals surface area contributed by atoms with Gasteiger partial charge in [-0.25, -0.2) is 13.6 Å². The molecule has 5 heteroatoms. The Balaban J connectivity index is 2.10. The highest BCUT2D eigenvalue weighted by atomic mass is 32.2. The molecule has 0 atom stereocenters. The van der Waals surface area contributed by atoms with Gasteiger partial charge in [-0.2, -0.15) is 0 Å². The van der Waals surface area contributed by atoms with Gasteiger partial charge >= 0.3 is 0 Å². The fourth-order valence-corrected chi connectivity index (χ4v) is 2.35. The van der Waals surface area contributed by atoms with Gasteiger partial charge in [0, 0.05) is 17.1 Å². The van der Waals surface area contributed by atoms with E-state index in [4.69, 9.17) is 5.14 Å². The highest BCUT2D eigenvalue weighted by Crippen LogP contribution is 2.18. The van der Waals surface area contributed by atoms with Crippen molar-refractivity contribution in [1.82, 2.24) is 4.98 Å². The second-order valence-corrected chi connectivity index (χ2v) is 5.56. The Morgan fingerprint density at radius 3 is 2.75 bits per heavy atom. The van der Waals surface area contributed by atoms with Crippen molar-refractivity contribution in [3.63, 3.8) is 0 Å². The Labute approximate surface area is 94.5 Å². The topological polar surface area (TPSA) is 76.0 Å². The molecule has 0 aliphatic heterocycles. The second kappa shape index (κ2) is 4.27. The Kier molecular flexibility index (Phi) is 2.98. The van der Waals surface area contributed by atoms with Crippen LogP contribution in [0.5, 0.6) is 0 Å². The summed E-state index contributed by atoms with van der Waals surface area (Å²) in [5.41, 5.74) is 2.22. The van der Waals surface area contributed by atoms with Crippen molar-refractivity contribution in [2.75, 3.05) is 5.75 Å². The zero-order valence-corrected chi connectivity index (χ0v) is 9.63. The third-order valence-electron chi connectivity index (χ3n) is 2.55. The number of nitrogens with two attached hydrogens (primary N) is 1. The van der Waals surface area contributed by atoms with Gasteiger partial charge < -0.3 is 4.98 Å². The molecule has 0 fully saturated rings. The number of primary sulfonamides is 1. The van der Waals surface area contributed by atoms with Gasteiger partial charge in [-0.3, -0.25) is 0 Å². The van der Waals surface area contributed by atoms with Crippen LogP contribution in [0.1, 0.15) is 12.0 Å². The zero-order chi connectivity index (χ0) is 11.6. The molecule has 3 N–H and O–H groups in total. The number of hydrogen-bond acceptors (Lipinski definition) is 2. The van der Waals surface area contributed by atoms with Gasteiger partial charge in [0.25, 0.3) is 0 Å². The second-order valence-electron chi connectivity index (χ2n) is 3.83. The first-order chi connectivity index (χ1) is 7.56. The van der Waals surface area contributed by atoms with Crippen LogP contribution in [0, 0.1) is 0 Å². The lowest BCUT2D eigenvalue weighted by Gasteiger charge is -1.98. The van der Waals surface area contributed by atoms with E-state index in [1.807, 2.05) is 30.5 Å². The molecule has 1 aromatic heterocycles. The molecule has 0 bridgehead atoms. The molecule has 2 aromatic rings. The molecule has 0 saturated carbocycles. The van der Waals surface area contributed by atoms with E-state index in [2.05, 4.69) is 4.98 Å². The van der Waals surface area contributed by atoms with E-state index in [0.717, 1.165) is 22.9 Å². The summed E-state index contributed by atoms with van der Waals surface area (Å²) in [5.74, 6) is 0.0342. The number of para-hydroxylation sites is 1. The Bertz CT molecular complexity index is 587. The minimum atomic E-state index is -3.34. The first-order valence-electron chi connectivity index (χ1n) is 5.12. The number of hydrogen-bond donors (Lipinski definition) is 2. The number of sulfonamides is 1. The first kappa shape index (κ1) is 11.2. The van der Waals surface area contributed by atoms with Crippen LogP contribution in [0.3, 0.4) is 0 Å². The normalized spacial score (nSPS) is 12.1. The molecule has 0 unspecified atom stereocenters. The van der Waals surface area contributed by atoms with E-state index >= 15 is 0 Å². The van der Waals surface area contributed by atoms with Crippen LogP contribution >= 0.6 is 0 Å². The third kappa shape index (κ3) is 2.62. The van der Waals surface area contributed by atoms with Gasteiger partial charge in [0.05, 0.1) is 5.75 Å². The molecule has 0 aliphatic carbocycles. The van der Waals surface area contributed by atoms with E-state index in [-0.39, 0.29) is 5.75 Å². The number of rotatable bonds is 4. The lowest BCUT2D eigenvalue weighted by molar-refractivity contribution is 0.595. The highest BCUT2D eigenvalue weighted by Gasteiger charge is 2.05. The molecule has 16 heavy (non-hydrogen) atoms. The molecule has 0 saturated heterocycles. The van der Waals surface area contributed by atoms with Crippen molar-refractivity contribution < 1.29 is 8.42 Å². The van der Waals surface area contributed by atoms with Crippen LogP contribution in [0.15, 0.2) is 30.5 Å². The molecule has 4 nitrogen and oxygen atoms in total. The first-order valence-corrected chi connectivity index (χ1v) is 6.83. The van der Waals surface area contributed by atoms with E-state index in [1.54, 1.807) is 0 Å². The largest absolute Gasteiger partial charge is 0.361 e. The van der Waals surface area contributed by atoms with Crippen molar-refractivity contribution in [1.29, 1.82) is 0 Å². The number of benzene rings is 1. The summed E-state index contributed by atoms with van der Waals surface area (Å²) in [6.07, 6.45) is 3.20. The minimum Gasteiger partial charge on any atom is -0.361 e. The van der Waals surface area contributed by atoms with Gasteiger partial charge in [0.1, 0.15) is 0 Å². The summed E-state index contributed by atoms with van der Waals surface area (Å²) in [6, 6.07) is 7.96. The van der Waals surface area contributed by atoms with Crippen molar-refractivity contribution >= 4 is 20.9 Å². The predicted molar refractivity (Wildman–Crippen MR) is 64.6 cm³/mol. The summed E-state index contributed by atoms with van der Waals surface area (Å²) < 4.78 is 21.6. The van der Waals surface area contributed by atoms with Crippen LogP contribution < -0.4 is 5.14 Å². The summed E-state index contributed by atoms with van der Waals surface area (Å²) in [7, 11) is -3.34. The van der Waals surface area contributed by atoms with Crippen LogP contribution in [0.4, 0.5) is 0 Å². The van der Waals surface area contributed by atoms with E-state index in [9.17, 15) is 8.42 Å². The van der Waals surface area contributed by atoms with Gasteiger partial charge in [0.15, 0.2) is 0 Å². The summed E-state index contributed by atoms with van der Waals surface area (Å²) in [6.45, 7) is 0. The molecule has 0 amide bonds. The molecular formula is C11H14N2O2S. The quantitative estimate of drug-likeness (QED) is 0.844. The molecule has 0 spiro atoms. The fraction of sp³-hybridized carbons (Fsp3) is 0.273. The number of aromatic amines is 1. The van der Waals surface area contributed by atoms with Gasteiger partial charge in [0.2, 0.25) is 10.0 Å². The third-order valence-corrected chi connectivity index (χ3v) is 3.41. The molecular weight excluding hydrogens is 224 g/mol. The maximum Gasteiger partial charge on any atom is 0.209 e. The smallest absolute Gasteiger partial charge is 0.209 e. The number of aryl methyl sites for hydroxylation is 1. The van der Waals surface area contributed by atoms with Crippen molar-refractivity contribution in [3.05, 3.63) is 36.0 Å². The number of fused-ring (bicyclic) bond motifs is 1. The lowest BCUT2D eigenvalue weighted by atomic mass is 10.1. The standard InChI is InChI=1S/C11H14N2O2S/c12-16(14,15)7-3-4-9-8-13-11-6-2-1-5-10(9)11/h1-2,5-6,8,13H,3-4,7H2,(H2,12,14,15). The van der Waals surface area contributed by atoms with Crippen molar-refractivity contribution in [2.24, 2.45) is 5.14 Å². The highest BCUT2D eigenvalue weighted by molar-refractivity contribution is 7.89. The lowest BCUT2D eigenvalue weighted by Crippen LogP contribution is -2.16. The van der Waals surface area contributed by atoms with E-state index < -0.39 is 10.0 Å². The summed E-state index contributed by atoms with van der Waals surface area (Å²) >= 11 is 0. The summed E-state index contributed by atoms with van der Waals surface area (Å²) in [5, 5.41) is 6.10. The number of nitrogens with one attached hydrogen (secondary N) is 1. The monoisotopic (exact) mass is 238 g/mol. The van der Waals surface area contributed by atoms with Crippen molar-refractivity contribution in [2.45, 2.75) is 12.8 Å². The molecule has 0 radical (unpaired) electrons. The van der Waals surface area contributed by atoms with Gasteiger partial charge in [-0.15, -0.1) is 0 Å². The molecule has 0 aliphatic rings. The Morgan fingerprint density at radius 2 is 2.00 bits per heavy atom. The SMILES string of the molecule is NS(=O)(=O)CCCc1c[nH]c2ccccc12. The van der Waals surface area contributed by atoms with E-state index in [0.29, 0.717) is 6.42 Å². The van der Waals surface area contributed by atoms with Crippen molar-refractivity contribution in [3.8, 4) is 0 Å². The van der Waals surface area contributed by atoms with Gasteiger partial charge in [-0.05, 0) is 24.5 Å². The molecule has 1 heterocycles. The summed E-state index contributed by atoms with van der Waals surface area (Å²) in [4.78, 5) is 3.16. The van der Waals surface area contributed by atoms with Crippen LogP contribution in [-0.4, -0.2) is 19.2 Å². The maximum absolute atomic E-state index is 10.8. The zero-order valence-electron chi connectivity index (χ0n) is 8.81. The molecule has 1 aromatic carbocycles. The van der Waals surface area contributed by atoms with Crippen LogP contribution in [-0.2, 0) is 16.4 Å². The molecule has 2 rings (SSSR count). The molecule has 86 valence electrons. The van der Waals surface area contributed by atoms with Gasteiger partial charge in [-0.1, -0.05) is 18.2 Å². The number of aromatic nitrogens is 1. The Morgan fingerprint density at radius 1 is 1.25 bits per heavy atom. The number of H-pyrrole nitrogens is 1.